The molecule has 0 spiro atoms. The van der Waals surface area contributed by atoms with E-state index in [0.29, 0.717) is 30.3 Å². The fourth-order valence-electron chi connectivity index (χ4n) is 2.59. The molecule has 21 heavy (non-hydrogen) atoms. The van der Waals surface area contributed by atoms with Crippen molar-refractivity contribution in [2.75, 3.05) is 18.5 Å². The lowest BCUT2D eigenvalue weighted by Crippen LogP contribution is -2.21. The quantitative estimate of drug-likeness (QED) is 0.934. The van der Waals surface area contributed by atoms with Crippen LogP contribution in [0.3, 0.4) is 0 Å². The molecule has 1 atom stereocenters. The molecule has 1 aliphatic rings. The van der Waals surface area contributed by atoms with Gasteiger partial charge in [0.1, 0.15) is 11.6 Å². The topological polar surface area (TPSA) is 45.0 Å². The van der Waals surface area contributed by atoms with Crippen LogP contribution in [0.25, 0.3) is 0 Å². The number of rotatable bonds is 3. The second kappa shape index (κ2) is 5.84. The van der Waals surface area contributed by atoms with E-state index in [2.05, 4.69) is 11.4 Å². The van der Waals surface area contributed by atoms with Crippen LogP contribution in [0.2, 0.25) is 0 Å². The summed E-state index contributed by atoms with van der Waals surface area (Å²) in [7, 11) is 0. The number of nitrogens with one attached hydrogen (secondary N) is 1. The molecular formula is C17H15FN2O. The number of ether oxygens (including phenoxy) is 1. The highest BCUT2D eigenvalue weighted by molar-refractivity contribution is 5.49. The number of nitrogens with zero attached hydrogens (tertiary/aromatic N) is 1. The van der Waals surface area contributed by atoms with E-state index in [-0.39, 0.29) is 0 Å². The standard InChI is InChI=1S/C17H15FN2O/c18-15-9-12(10-19)5-6-16(15)20-11-13-7-8-21-17-4-2-1-3-14(13)17/h1-6,9,13,20H,7-8,11H2. The Bertz CT molecular complexity index is 693. The van der Waals surface area contributed by atoms with E-state index in [9.17, 15) is 4.39 Å². The highest BCUT2D eigenvalue weighted by Gasteiger charge is 2.21. The Morgan fingerprint density at radius 1 is 1.29 bits per heavy atom. The van der Waals surface area contributed by atoms with Crippen LogP contribution in [0, 0.1) is 17.1 Å². The maximum atomic E-state index is 13.8. The average Bonchev–Trinajstić information content (AvgIpc) is 2.53. The Morgan fingerprint density at radius 2 is 2.14 bits per heavy atom. The van der Waals surface area contributed by atoms with Crippen molar-refractivity contribution in [2.24, 2.45) is 0 Å². The smallest absolute Gasteiger partial charge is 0.147 e. The second-order valence-corrected chi connectivity index (χ2v) is 5.06. The van der Waals surface area contributed by atoms with Crippen molar-refractivity contribution in [1.29, 1.82) is 5.26 Å². The number of hydrogen-bond donors (Lipinski definition) is 1. The second-order valence-electron chi connectivity index (χ2n) is 5.06. The van der Waals surface area contributed by atoms with Crippen LogP contribution in [0.5, 0.6) is 5.75 Å². The summed E-state index contributed by atoms with van der Waals surface area (Å²) in [6, 6.07) is 14.4. The van der Waals surface area contributed by atoms with Gasteiger partial charge in [0.15, 0.2) is 0 Å². The van der Waals surface area contributed by atoms with Gasteiger partial charge in [-0.15, -0.1) is 0 Å². The largest absolute Gasteiger partial charge is 0.493 e. The lowest BCUT2D eigenvalue weighted by Gasteiger charge is -2.26. The van der Waals surface area contributed by atoms with Crippen LogP contribution < -0.4 is 10.1 Å². The number of halogens is 1. The maximum Gasteiger partial charge on any atom is 0.147 e. The SMILES string of the molecule is N#Cc1ccc(NCC2CCOc3ccccc32)c(F)c1. The minimum Gasteiger partial charge on any atom is -0.493 e. The van der Waals surface area contributed by atoms with Crippen molar-refractivity contribution in [1.82, 2.24) is 0 Å². The van der Waals surface area contributed by atoms with E-state index in [1.807, 2.05) is 24.3 Å². The van der Waals surface area contributed by atoms with Crippen LogP contribution in [0.15, 0.2) is 42.5 Å². The zero-order valence-electron chi connectivity index (χ0n) is 11.5. The van der Waals surface area contributed by atoms with Gasteiger partial charge in [-0.1, -0.05) is 18.2 Å². The molecule has 1 heterocycles. The van der Waals surface area contributed by atoms with Gasteiger partial charge in [0, 0.05) is 12.5 Å². The van der Waals surface area contributed by atoms with E-state index >= 15 is 0 Å². The summed E-state index contributed by atoms with van der Waals surface area (Å²) in [5, 5.41) is 11.9. The molecule has 2 aromatic rings. The Morgan fingerprint density at radius 3 is 2.95 bits per heavy atom. The maximum absolute atomic E-state index is 13.8. The first-order valence-electron chi connectivity index (χ1n) is 6.93. The van der Waals surface area contributed by atoms with Crippen LogP contribution in [0.4, 0.5) is 10.1 Å². The van der Waals surface area contributed by atoms with Crippen LogP contribution >= 0.6 is 0 Å². The van der Waals surface area contributed by atoms with Gasteiger partial charge in [-0.25, -0.2) is 4.39 Å². The van der Waals surface area contributed by atoms with Gasteiger partial charge in [-0.3, -0.25) is 0 Å². The van der Waals surface area contributed by atoms with E-state index in [4.69, 9.17) is 10.00 Å². The fraction of sp³-hybridized carbons (Fsp3) is 0.235. The summed E-state index contributed by atoms with van der Waals surface area (Å²) in [4.78, 5) is 0. The lowest BCUT2D eigenvalue weighted by molar-refractivity contribution is 0.270. The molecule has 4 heteroatoms. The molecule has 0 saturated heterocycles. The predicted molar refractivity (Wildman–Crippen MR) is 78.9 cm³/mol. The molecular weight excluding hydrogens is 267 g/mol. The zero-order chi connectivity index (χ0) is 14.7. The molecule has 0 aromatic heterocycles. The van der Waals surface area contributed by atoms with Gasteiger partial charge in [0.05, 0.1) is 23.9 Å². The first kappa shape index (κ1) is 13.4. The van der Waals surface area contributed by atoms with Crippen molar-refractivity contribution in [3.63, 3.8) is 0 Å². The third-order valence-electron chi connectivity index (χ3n) is 3.72. The van der Waals surface area contributed by atoms with Crippen LogP contribution in [0.1, 0.15) is 23.5 Å². The van der Waals surface area contributed by atoms with Gasteiger partial charge < -0.3 is 10.1 Å². The van der Waals surface area contributed by atoms with Gasteiger partial charge in [-0.2, -0.15) is 5.26 Å². The number of benzene rings is 2. The van der Waals surface area contributed by atoms with Crippen molar-refractivity contribution in [2.45, 2.75) is 12.3 Å². The Labute approximate surface area is 123 Å². The molecule has 3 rings (SSSR count). The van der Waals surface area contributed by atoms with E-state index in [1.54, 1.807) is 12.1 Å². The molecule has 0 bridgehead atoms. The summed E-state index contributed by atoms with van der Waals surface area (Å²) in [5.41, 5.74) is 1.91. The molecule has 1 aliphatic heterocycles. The molecule has 0 saturated carbocycles. The minimum absolute atomic E-state index is 0.296. The highest BCUT2D eigenvalue weighted by atomic mass is 19.1. The fourth-order valence-corrected chi connectivity index (χ4v) is 2.59. The summed E-state index contributed by atoms with van der Waals surface area (Å²) >= 11 is 0. The van der Waals surface area contributed by atoms with E-state index < -0.39 is 5.82 Å². The van der Waals surface area contributed by atoms with E-state index in [1.165, 1.54) is 6.07 Å². The third-order valence-corrected chi connectivity index (χ3v) is 3.72. The molecule has 1 N–H and O–H groups in total. The Hall–Kier alpha value is -2.54. The van der Waals surface area contributed by atoms with Gasteiger partial charge in [0.25, 0.3) is 0 Å². The molecule has 0 aliphatic carbocycles. The van der Waals surface area contributed by atoms with Gasteiger partial charge in [0.2, 0.25) is 0 Å². The summed E-state index contributed by atoms with van der Waals surface area (Å²) in [6.45, 7) is 1.32. The van der Waals surface area contributed by atoms with Crippen molar-refractivity contribution >= 4 is 5.69 Å². The summed E-state index contributed by atoms with van der Waals surface area (Å²) in [6.07, 6.45) is 0.905. The Balaban J connectivity index is 1.73. The van der Waals surface area contributed by atoms with Gasteiger partial charge >= 0.3 is 0 Å². The van der Waals surface area contributed by atoms with Gasteiger partial charge in [-0.05, 0) is 36.2 Å². The summed E-state index contributed by atoms with van der Waals surface area (Å²) < 4.78 is 19.5. The first-order valence-corrected chi connectivity index (χ1v) is 6.93. The minimum atomic E-state index is -0.394. The van der Waals surface area contributed by atoms with Crippen molar-refractivity contribution in [3.8, 4) is 11.8 Å². The lowest BCUT2D eigenvalue weighted by atomic mass is 9.93. The zero-order valence-corrected chi connectivity index (χ0v) is 11.5. The number of hydrogen-bond acceptors (Lipinski definition) is 3. The number of para-hydroxylation sites is 1. The molecule has 3 nitrogen and oxygen atoms in total. The molecule has 0 radical (unpaired) electrons. The third kappa shape index (κ3) is 2.82. The normalized spacial score (nSPS) is 16.5. The Kier molecular flexibility index (Phi) is 3.74. The molecule has 2 aromatic carbocycles. The first-order chi connectivity index (χ1) is 10.3. The molecule has 1 unspecified atom stereocenters. The highest BCUT2D eigenvalue weighted by Crippen LogP contribution is 2.33. The van der Waals surface area contributed by atoms with E-state index in [0.717, 1.165) is 17.7 Å². The molecule has 0 fully saturated rings. The average molecular weight is 282 g/mol. The van der Waals surface area contributed by atoms with Crippen molar-refractivity contribution in [3.05, 3.63) is 59.4 Å². The number of anilines is 1. The summed E-state index contributed by atoms with van der Waals surface area (Å²) in [5.74, 6) is 0.815. The molecule has 106 valence electrons. The van der Waals surface area contributed by atoms with Crippen LogP contribution in [-0.2, 0) is 0 Å². The molecule has 0 amide bonds. The van der Waals surface area contributed by atoms with Crippen molar-refractivity contribution < 1.29 is 9.13 Å². The van der Waals surface area contributed by atoms with Crippen LogP contribution in [-0.4, -0.2) is 13.2 Å². The monoisotopic (exact) mass is 282 g/mol. The number of fused-ring (bicyclic) bond motifs is 1. The number of nitriles is 1. The predicted octanol–water partition coefficient (Wildman–Crippen LogP) is 3.68.